The predicted octanol–water partition coefficient (Wildman–Crippen LogP) is 2.71. The molecule has 0 unspecified atom stereocenters. The summed E-state index contributed by atoms with van der Waals surface area (Å²) in [6.45, 7) is 9.56. The summed E-state index contributed by atoms with van der Waals surface area (Å²) in [5.41, 5.74) is 4.23. The molecule has 2 saturated heterocycles. The summed E-state index contributed by atoms with van der Waals surface area (Å²) < 4.78 is 12.4. The SMILES string of the molecule is CN1CCC[C@H]1C1=Nc2ccc(B3OC(C)(C)C(C)(C)O3)cc2C1. The zero-order valence-corrected chi connectivity index (χ0v) is 15.4. The largest absolute Gasteiger partial charge is 0.494 e. The van der Waals surface area contributed by atoms with E-state index in [9.17, 15) is 0 Å². The van der Waals surface area contributed by atoms with Crippen LogP contribution in [0.5, 0.6) is 0 Å². The lowest BCUT2D eigenvalue weighted by molar-refractivity contribution is 0.00578. The molecule has 3 heterocycles. The van der Waals surface area contributed by atoms with Crippen molar-refractivity contribution in [2.24, 2.45) is 4.99 Å². The lowest BCUT2D eigenvalue weighted by Gasteiger charge is -2.32. The number of hydrogen-bond donors (Lipinski definition) is 0. The van der Waals surface area contributed by atoms with Crippen LogP contribution >= 0.6 is 0 Å². The first-order valence-electron chi connectivity index (χ1n) is 9.03. The highest BCUT2D eigenvalue weighted by molar-refractivity contribution is 6.62. The van der Waals surface area contributed by atoms with Gasteiger partial charge in [0.15, 0.2) is 0 Å². The van der Waals surface area contributed by atoms with Crippen molar-refractivity contribution in [1.29, 1.82) is 0 Å². The third-order valence-corrected chi connectivity index (χ3v) is 6.17. The van der Waals surface area contributed by atoms with Gasteiger partial charge in [0, 0.05) is 18.2 Å². The smallest absolute Gasteiger partial charge is 0.399 e. The second-order valence-corrected chi connectivity index (χ2v) is 8.39. The molecule has 0 aromatic heterocycles. The minimum absolute atomic E-state index is 0.293. The number of fused-ring (bicyclic) bond motifs is 1. The van der Waals surface area contributed by atoms with E-state index in [0.29, 0.717) is 6.04 Å². The zero-order chi connectivity index (χ0) is 17.1. The first kappa shape index (κ1) is 16.3. The summed E-state index contributed by atoms with van der Waals surface area (Å²) >= 11 is 0. The Morgan fingerprint density at radius 1 is 1.17 bits per heavy atom. The Hall–Kier alpha value is -1.17. The van der Waals surface area contributed by atoms with Crippen LogP contribution in [0.25, 0.3) is 0 Å². The van der Waals surface area contributed by atoms with Crippen molar-refractivity contribution in [2.75, 3.05) is 13.6 Å². The number of nitrogens with zero attached hydrogens (tertiary/aromatic N) is 2. The van der Waals surface area contributed by atoms with Crippen LogP contribution in [0.15, 0.2) is 23.2 Å². The van der Waals surface area contributed by atoms with Crippen LogP contribution in [0.2, 0.25) is 0 Å². The Kier molecular flexibility index (Phi) is 3.68. The lowest BCUT2D eigenvalue weighted by atomic mass is 9.78. The van der Waals surface area contributed by atoms with Crippen molar-refractivity contribution in [3.8, 4) is 0 Å². The van der Waals surface area contributed by atoms with Crippen molar-refractivity contribution in [2.45, 2.75) is 64.2 Å². The molecule has 0 spiro atoms. The van der Waals surface area contributed by atoms with E-state index in [1.807, 2.05) is 0 Å². The van der Waals surface area contributed by atoms with E-state index in [2.05, 4.69) is 57.8 Å². The number of benzene rings is 1. The summed E-state index contributed by atoms with van der Waals surface area (Å²) in [7, 11) is 1.91. The van der Waals surface area contributed by atoms with E-state index in [1.165, 1.54) is 30.7 Å². The molecule has 2 fully saturated rings. The third kappa shape index (κ3) is 2.54. The zero-order valence-electron chi connectivity index (χ0n) is 15.4. The monoisotopic (exact) mass is 326 g/mol. The van der Waals surface area contributed by atoms with Gasteiger partial charge >= 0.3 is 7.12 Å². The van der Waals surface area contributed by atoms with Crippen LogP contribution in [0.3, 0.4) is 0 Å². The van der Waals surface area contributed by atoms with Crippen LogP contribution < -0.4 is 5.46 Å². The molecule has 1 aromatic rings. The molecule has 128 valence electrons. The summed E-state index contributed by atoms with van der Waals surface area (Å²) in [5, 5.41) is 0. The summed E-state index contributed by atoms with van der Waals surface area (Å²) in [5.74, 6) is 0. The molecule has 24 heavy (non-hydrogen) atoms. The van der Waals surface area contributed by atoms with Crippen molar-refractivity contribution in [3.63, 3.8) is 0 Å². The van der Waals surface area contributed by atoms with Crippen molar-refractivity contribution < 1.29 is 9.31 Å². The molecule has 1 aromatic carbocycles. The molecular weight excluding hydrogens is 299 g/mol. The van der Waals surface area contributed by atoms with E-state index in [0.717, 1.165) is 17.6 Å². The van der Waals surface area contributed by atoms with Gasteiger partial charge in [0.2, 0.25) is 0 Å². The second-order valence-electron chi connectivity index (χ2n) is 8.39. The minimum Gasteiger partial charge on any atom is -0.399 e. The fraction of sp³-hybridized carbons (Fsp3) is 0.632. The molecule has 0 amide bonds. The molecule has 3 aliphatic rings. The molecule has 0 N–H and O–H groups in total. The fourth-order valence-corrected chi connectivity index (χ4v) is 3.89. The van der Waals surface area contributed by atoms with E-state index in [-0.39, 0.29) is 18.3 Å². The van der Waals surface area contributed by atoms with E-state index >= 15 is 0 Å². The van der Waals surface area contributed by atoms with Crippen LogP contribution in [-0.2, 0) is 15.7 Å². The predicted molar refractivity (Wildman–Crippen MR) is 98.6 cm³/mol. The molecule has 0 bridgehead atoms. The quantitative estimate of drug-likeness (QED) is 0.784. The van der Waals surface area contributed by atoms with Gasteiger partial charge in [0.25, 0.3) is 0 Å². The standard InChI is InChI=1S/C19H27BN2O2/c1-18(2)19(3,4)24-20(23-18)14-8-9-15-13(11-14)12-16(21-15)17-7-6-10-22(17)5/h8-9,11,17H,6-7,10,12H2,1-5H3/t17-/m0/s1. The van der Waals surface area contributed by atoms with Gasteiger partial charge in [-0.15, -0.1) is 0 Å². The van der Waals surface area contributed by atoms with Crippen LogP contribution in [-0.4, -0.2) is 48.6 Å². The van der Waals surface area contributed by atoms with Crippen LogP contribution in [0, 0.1) is 0 Å². The number of likely N-dealkylation sites (tertiary alicyclic amines) is 1. The number of hydrogen-bond acceptors (Lipinski definition) is 4. The van der Waals surface area contributed by atoms with Crippen LogP contribution in [0.1, 0.15) is 46.1 Å². The van der Waals surface area contributed by atoms with Gasteiger partial charge < -0.3 is 9.31 Å². The van der Waals surface area contributed by atoms with Gasteiger partial charge in [-0.1, -0.05) is 12.1 Å². The molecule has 4 nitrogen and oxygen atoms in total. The molecular formula is C19H27BN2O2. The summed E-state index contributed by atoms with van der Waals surface area (Å²) in [6.07, 6.45) is 3.46. The van der Waals surface area contributed by atoms with E-state index in [4.69, 9.17) is 14.3 Å². The first-order chi connectivity index (χ1) is 11.3. The van der Waals surface area contributed by atoms with E-state index in [1.54, 1.807) is 0 Å². The average molecular weight is 326 g/mol. The Balaban J connectivity index is 1.55. The Morgan fingerprint density at radius 3 is 2.50 bits per heavy atom. The molecule has 0 aliphatic carbocycles. The second kappa shape index (κ2) is 5.42. The van der Waals surface area contributed by atoms with Gasteiger partial charge in [-0.25, -0.2) is 0 Å². The third-order valence-electron chi connectivity index (χ3n) is 6.17. The molecule has 0 radical (unpaired) electrons. The maximum Gasteiger partial charge on any atom is 0.494 e. The summed E-state index contributed by atoms with van der Waals surface area (Å²) in [6, 6.07) is 6.96. The Bertz CT molecular complexity index is 683. The van der Waals surface area contributed by atoms with Gasteiger partial charge in [0.05, 0.1) is 16.9 Å². The highest BCUT2D eigenvalue weighted by atomic mass is 16.7. The van der Waals surface area contributed by atoms with Crippen LogP contribution in [0.4, 0.5) is 5.69 Å². The highest BCUT2D eigenvalue weighted by Crippen LogP contribution is 2.37. The maximum absolute atomic E-state index is 6.19. The molecule has 0 saturated carbocycles. The average Bonchev–Trinajstić information content (AvgIpc) is 3.14. The normalized spacial score (nSPS) is 28.3. The van der Waals surface area contributed by atoms with Crippen molar-refractivity contribution in [3.05, 3.63) is 23.8 Å². The van der Waals surface area contributed by atoms with Crippen molar-refractivity contribution >= 4 is 24.0 Å². The van der Waals surface area contributed by atoms with Crippen molar-refractivity contribution in [1.82, 2.24) is 4.90 Å². The number of aliphatic imine (C=N–C) groups is 1. The highest BCUT2D eigenvalue weighted by Gasteiger charge is 2.51. The number of rotatable bonds is 2. The minimum atomic E-state index is -0.301. The Morgan fingerprint density at radius 2 is 1.88 bits per heavy atom. The lowest BCUT2D eigenvalue weighted by Crippen LogP contribution is -2.41. The molecule has 3 aliphatic heterocycles. The topological polar surface area (TPSA) is 34.1 Å². The van der Waals surface area contributed by atoms with Gasteiger partial charge in [-0.05, 0) is 71.2 Å². The van der Waals surface area contributed by atoms with Gasteiger partial charge in [-0.3, -0.25) is 9.89 Å². The van der Waals surface area contributed by atoms with E-state index < -0.39 is 0 Å². The van der Waals surface area contributed by atoms with Gasteiger partial charge in [0.1, 0.15) is 0 Å². The Labute approximate surface area is 145 Å². The summed E-state index contributed by atoms with van der Waals surface area (Å²) in [4.78, 5) is 7.33. The maximum atomic E-state index is 6.19. The van der Waals surface area contributed by atoms with Gasteiger partial charge in [-0.2, -0.15) is 0 Å². The molecule has 5 heteroatoms. The first-order valence-corrected chi connectivity index (χ1v) is 9.03. The molecule has 4 rings (SSSR count). The molecule has 1 atom stereocenters. The fourth-order valence-electron chi connectivity index (χ4n) is 3.89.